The summed E-state index contributed by atoms with van der Waals surface area (Å²) in [6.07, 6.45) is 4.92. The molecule has 94 valence electrons. The minimum Gasteiger partial charge on any atom is -0.396 e. The molecule has 2 aromatic rings. The first kappa shape index (κ1) is 12.1. The molecule has 0 aliphatic carbocycles. The molecular formula is C12H15N5O. The van der Waals surface area contributed by atoms with Crippen molar-refractivity contribution in [1.29, 1.82) is 0 Å². The highest BCUT2D eigenvalue weighted by Crippen LogP contribution is 2.10. The van der Waals surface area contributed by atoms with Gasteiger partial charge in [0, 0.05) is 26.0 Å². The molecule has 0 fully saturated rings. The van der Waals surface area contributed by atoms with Crippen molar-refractivity contribution < 1.29 is 4.79 Å². The second-order valence-corrected chi connectivity index (χ2v) is 4.06. The number of nitrogens with zero attached hydrogens (tertiary/aromatic N) is 3. The molecule has 0 bridgehead atoms. The number of nitrogens with two attached hydrogens (primary N) is 1. The Balaban J connectivity index is 2.08. The quantitative estimate of drug-likeness (QED) is 0.830. The molecule has 0 saturated heterocycles. The number of hydrogen-bond acceptors (Lipinski definition) is 4. The van der Waals surface area contributed by atoms with Crippen LogP contribution in [0.15, 0.2) is 24.7 Å². The van der Waals surface area contributed by atoms with Crippen LogP contribution in [0.4, 0.5) is 5.69 Å². The fraction of sp³-hybridized carbons (Fsp3) is 0.250. The molecule has 18 heavy (non-hydrogen) atoms. The van der Waals surface area contributed by atoms with Gasteiger partial charge in [-0.2, -0.15) is 5.10 Å². The van der Waals surface area contributed by atoms with Crippen molar-refractivity contribution in [1.82, 2.24) is 20.1 Å². The third kappa shape index (κ3) is 2.32. The van der Waals surface area contributed by atoms with Crippen LogP contribution in [-0.4, -0.2) is 20.7 Å². The zero-order valence-electron chi connectivity index (χ0n) is 10.3. The van der Waals surface area contributed by atoms with Gasteiger partial charge < -0.3 is 11.1 Å². The highest BCUT2D eigenvalue weighted by atomic mass is 16.2. The van der Waals surface area contributed by atoms with Gasteiger partial charge in [-0.25, -0.2) is 0 Å². The van der Waals surface area contributed by atoms with Crippen molar-refractivity contribution in [2.24, 2.45) is 7.05 Å². The van der Waals surface area contributed by atoms with Crippen molar-refractivity contribution in [3.05, 3.63) is 41.5 Å². The van der Waals surface area contributed by atoms with Gasteiger partial charge in [0.1, 0.15) is 5.69 Å². The van der Waals surface area contributed by atoms with E-state index in [1.54, 1.807) is 19.4 Å². The Morgan fingerprint density at radius 1 is 1.50 bits per heavy atom. The number of carbonyl (C=O) groups excluding carboxylic acids is 1. The maximum Gasteiger partial charge on any atom is 0.271 e. The molecule has 3 N–H and O–H groups in total. The van der Waals surface area contributed by atoms with Gasteiger partial charge in [-0.15, -0.1) is 0 Å². The van der Waals surface area contributed by atoms with Crippen LogP contribution in [0.25, 0.3) is 0 Å². The molecular weight excluding hydrogens is 230 g/mol. The third-order valence-electron chi connectivity index (χ3n) is 2.77. The summed E-state index contributed by atoms with van der Waals surface area (Å²) in [7, 11) is 1.68. The molecule has 0 atom stereocenters. The normalized spacial score (nSPS) is 10.3. The minimum absolute atomic E-state index is 0.240. The van der Waals surface area contributed by atoms with E-state index in [0.29, 0.717) is 17.9 Å². The van der Waals surface area contributed by atoms with Gasteiger partial charge >= 0.3 is 0 Å². The summed E-state index contributed by atoms with van der Waals surface area (Å²) in [4.78, 5) is 16.0. The minimum atomic E-state index is -0.240. The standard InChI is InChI=1S/C12H15N5O/c1-8-3-4-14-5-9(8)6-15-12(18)11-10(13)7-16-17(11)2/h3-5,7H,6,13H2,1-2H3,(H,15,18). The first-order valence-electron chi connectivity index (χ1n) is 5.54. The summed E-state index contributed by atoms with van der Waals surface area (Å²) < 4.78 is 1.46. The van der Waals surface area contributed by atoms with Gasteiger partial charge in [-0.05, 0) is 24.1 Å². The van der Waals surface area contributed by atoms with E-state index in [4.69, 9.17) is 5.73 Å². The molecule has 6 heteroatoms. The molecule has 2 rings (SSSR count). The van der Waals surface area contributed by atoms with Crippen LogP contribution in [0, 0.1) is 6.92 Å². The van der Waals surface area contributed by atoms with Crippen molar-refractivity contribution in [3.63, 3.8) is 0 Å². The van der Waals surface area contributed by atoms with Crippen LogP contribution >= 0.6 is 0 Å². The van der Waals surface area contributed by atoms with E-state index < -0.39 is 0 Å². The lowest BCUT2D eigenvalue weighted by Gasteiger charge is -2.08. The number of carbonyl (C=O) groups is 1. The van der Waals surface area contributed by atoms with Crippen molar-refractivity contribution in [3.8, 4) is 0 Å². The molecule has 0 aliphatic rings. The largest absolute Gasteiger partial charge is 0.396 e. The average molecular weight is 245 g/mol. The van der Waals surface area contributed by atoms with Gasteiger partial charge in [0.2, 0.25) is 0 Å². The van der Waals surface area contributed by atoms with Crippen LogP contribution in [0.2, 0.25) is 0 Å². The molecule has 6 nitrogen and oxygen atoms in total. The molecule has 0 saturated carbocycles. The predicted octanol–water partition coefficient (Wildman–Crippen LogP) is 0.636. The smallest absolute Gasteiger partial charge is 0.271 e. The van der Waals surface area contributed by atoms with Crippen LogP contribution in [0.1, 0.15) is 21.6 Å². The van der Waals surface area contributed by atoms with E-state index in [1.165, 1.54) is 10.9 Å². The Bertz CT molecular complexity index is 556. The zero-order chi connectivity index (χ0) is 13.1. The number of anilines is 1. The second kappa shape index (κ2) is 4.87. The van der Waals surface area contributed by atoms with E-state index in [1.807, 2.05) is 13.0 Å². The second-order valence-electron chi connectivity index (χ2n) is 4.06. The lowest BCUT2D eigenvalue weighted by molar-refractivity contribution is 0.0942. The molecule has 2 aromatic heterocycles. The van der Waals surface area contributed by atoms with Gasteiger partial charge in [0.15, 0.2) is 0 Å². The predicted molar refractivity (Wildman–Crippen MR) is 67.8 cm³/mol. The summed E-state index contributed by atoms with van der Waals surface area (Å²) in [5.41, 5.74) is 8.49. The molecule has 0 aromatic carbocycles. The highest BCUT2D eigenvalue weighted by Gasteiger charge is 2.14. The first-order valence-corrected chi connectivity index (χ1v) is 5.54. The van der Waals surface area contributed by atoms with Gasteiger partial charge in [-0.1, -0.05) is 0 Å². The number of hydrogen-bond donors (Lipinski definition) is 2. The number of pyridine rings is 1. The molecule has 1 amide bonds. The lowest BCUT2D eigenvalue weighted by Crippen LogP contribution is -2.26. The number of amides is 1. The summed E-state index contributed by atoms with van der Waals surface area (Å²) in [5, 5.41) is 6.73. The fourth-order valence-electron chi connectivity index (χ4n) is 1.67. The Kier molecular flexibility index (Phi) is 3.27. The van der Waals surface area contributed by atoms with E-state index >= 15 is 0 Å². The Morgan fingerprint density at radius 2 is 2.28 bits per heavy atom. The number of nitrogen functional groups attached to an aromatic ring is 1. The summed E-state index contributed by atoms with van der Waals surface area (Å²) in [5.74, 6) is -0.240. The van der Waals surface area contributed by atoms with Crippen LogP contribution in [0.3, 0.4) is 0 Å². The first-order chi connectivity index (χ1) is 8.59. The van der Waals surface area contributed by atoms with E-state index in [9.17, 15) is 4.79 Å². The monoisotopic (exact) mass is 245 g/mol. The third-order valence-corrected chi connectivity index (χ3v) is 2.77. The van der Waals surface area contributed by atoms with E-state index in [-0.39, 0.29) is 5.91 Å². The van der Waals surface area contributed by atoms with E-state index in [2.05, 4.69) is 15.4 Å². The maximum absolute atomic E-state index is 12.0. The topological polar surface area (TPSA) is 85.8 Å². The van der Waals surface area contributed by atoms with Crippen molar-refractivity contribution in [2.75, 3.05) is 5.73 Å². The molecule has 0 aliphatic heterocycles. The van der Waals surface area contributed by atoms with Gasteiger partial charge in [0.05, 0.1) is 11.9 Å². The molecule has 0 unspecified atom stereocenters. The van der Waals surface area contributed by atoms with Gasteiger partial charge in [-0.3, -0.25) is 14.5 Å². The van der Waals surface area contributed by atoms with Crippen LogP contribution < -0.4 is 11.1 Å². The number of aromatic nitrogens is 3. The van der Waals surface area contributed by atoms with Crippen LogP contribution in [0.5, 0.6) is 0 Å². The number of aryl methyl sites for hydroxylation is 2. The van der Waals surface area contributed by atoms with Crippen molar-refractivity contribution >= 4 is 11.6 Å². The summed E-state index contributed by atoms with van der Waals surface area (Å²) in [6, 6.07) is 1.90. The lowest BCUT2D eigenvalue weighted by atomic mass is 10.1. The van der Waals surface area contributed by atoms with Gasteiger partial charge in [0.25, 0.3) is 5.91 Å². The molecule has 0 spiro atoms. The molecule has 0 radical (unpaired) electrons. The number of rotatable bonds is 3. The Hall–Kier alpha value is -2.37. The maximum atomic E-state index is 12.0. The highest BCUT2D eigenvalue weighted by molar-refractivity contribution is 5.97. The Labute approximate surface area is 105 Å². The SMILES string of the molecule is Cc1ccncc1CNC(=O)c1c(N)cnn1C. The number of nitrogens with one attached hydrogen (secondary N) is 1. The van der Waals surface area contributed by atoms with E-state index in [0.717, 1.165) is 11.1 Å². The summed E-state index contributed by atoms with van der Waals surface area (Å²) >= 11 is 0. The zero-order valence-corrected chi connectivity index (χ0v) is 10.3. The van der Waals surface area contributed by atoms with Crippen LogP contribution in [-0.2, 0) is 13.6 Å². The average Bonchev–Trinajstić information content (AvgIpc) is 2.68. The fourth-order valence-corrected chi connectivity index (χ4v) is 1.67. The van der Waals surface area contributed by atoms with Crippen molar-refractivity contribution in [2.45, 2.75) is 13.5 Å². The summed E-state index contributed by atoms with van der Waals surface area (Å²) in [6.45, 7) is 2.39. The Morgan fingerprint density at radius 3 is 2.89 bits per heavy atom. The molecule has 2 heterocycles.